The highest BCUT2D eigenvalue weighted by molar-refractivity contribution is 8.00. The summed E-state index contributed by atoms with van der Waals surface area (Å²) in [6.07, 6.45) is 3.36. The largest absolute Gasteiger partial charge is 0.375 e. The van der Waals surface area contributed by atoms with Crippen LogP contribution in [0.5, 0.6) is 0 Å². The molecular formula is C16H23N3O2S. The zero-order chi connectivity index (χ0) is 15.9. The van der Waals surface area contributed by atoms with Gasteiger partial charge in [0.05, 0.1) is 12.3 Å². The molecule has 0 bridgehead atoms. The molecule has 120 valence electrons. The number of nitrogens with zero attached hydrogens (tertiary/aromatic N) is 1. The fourth-order valence-electron chi connectivity index (χ4n) is 2.63. The van der Waals surface area contributed by atoms with Crippen molar-refractivity contribution in [3.8, 4) is 0 Å². The number of nitrogens with one attached hydrogen (secondary N) is 1. The second-order valence-electron chi connectivity index (χ2n) is 5.54. The molecule has 1 aliphatic heterocycles. The van der Waals surface area contributed by atoms with Crippen molar-refractivity contribution in [2.45, 2.75) is 37.1 Å². The molecule has 0 aromatic heterocycles. The molecule has 1 fully saturated rings. The van der Waals surface area contributed by atoms with E-state index < -0.39 is 0 Å². The van der Waals surface area contributed by atoms with Gasteiger partial charge in [-0.3, -0.25) is 9.59 Å². The van der Waals surface area contributed by atoms with E-state index in [0.717, 1.165) is 30.0 Å². The summed E-state index contributed by atoms with van der Waals surface area (Å²) in [5.74, 6) is 0.00965. The lowest BCUT2D eigenvalue weighted by atomic mass is 10.0. The molecule has 1 aliphatic rings. The number of rotatable bonds is 6. The number of anilines is 1. The molecule has 5 nitrogen and oxygen atoms in total. The van der Waals surface area contributed by atoms with Gasteiger partial charge in [0.15, 0.2) is 0 Å². The van der Waals surface area contributed by atoms with E-state index in [1.54, 1.807) is 0 Å². The molecule has 0 aliphatic carbocycles. The molecule has 1 saturated heterocycles. The maximum atomic E-state index is 12.3. The smallest absolute Gasteiger partial charge is 0.242 e. The highest BCUT2D eigenvalue weighted by Gasteiger charge is 2.22. The molecule has 3 N–H and O–H groups in total. The van der Waals surface area contributed by atoms with Crippen LogP contribution in [0.15, 0.2) is 29.2 Å². The summed E-state index contributed by atoms with van der Waals surface area (Å²) in [5, 5.41) is 3.19. The predicted molar refractivity (Wildman–Crippen MR) is 89.9 cm³/mol. The minimum absolute atomic E-state index is 0.127. The lowest BCUT2D eigenvalue weighted by Gasteiger charge is -2.33. The van der Waals surface area contributed by atoms with Crippen LogP contribution in [0.2, 0.25) is 0 Å². The summed E-state index contributed by atoms with van der Waals surface area (Å²) < 4.78 is 0. The summed E-state index contributed by atoms with van der Waals surface area (Å²) in [6, 6.07) is 7.97. The fourth-order valence-corrected chi connectivity index (χ4v) is 3.40. The number of amides is 2. The van der Waals surface area contributed by atoms with Crippen LogP contribution in [0.4, 0.5) is 5.69 Å². The third kappa shape index (κ3) is 4.66. The number of primary amides is 1. The third-order valence-corrected chi connectivity index (χ3v) is 4.91. The zero-order valence-corrected chi connectivity index (χ0v) is 13.7. The lowest BCUT2D eigenvalue weighted by Crippen LogP contribution is -2.44. The van der Waals surface area contributed by atoms with Crippen molar-refractivity contribution in [3.63, 3.8) is 0 Å². The monoisotopic (exact) mass is 321 g/mol. The second-order valence-corrected chi connectivity index (χ2v) is 6.55. The Kier molecular flexibility index (Phi) is 6.12. The van der Waals surface area contributed by atoms with Gasteiger partial charge >= 0.3 is 0 Å². The van der Waals surface area contributed by atoms with Gasteiger partial charge in [-0.1, -0.05) is 12.1 Å². The first-order valence-electron chi connectivity index (χ1n) is 7.61. The molecule has 1 atom stereocenters. The van der Waals surface area contributed by atoms with Gasteiger partial charge in [-0.15, -0.1) is 11.8 Å². The Morgan fingerprint density at radius 3 is 2.86 bits per heavy atom. The number of carbonyl (C=O) groups is 2. The number of nitrogens with two attached hydrogens (primary N) is 1. The number of likely N-dealkylation sites (tertiary alicyclic amines) is 1. The van der Waals surface area contributed by atoms with E-state index in [-0.39, 0.29) is 24.1 Å². The number of hydrogen-bond acceptors (Lipinski definition) is 4. The first-order chi connectivity index (χ1) is 10.6. The molecule has 1 aromatic carbocycles. The molecule has 0 spiro atoms. The van der Waals surface area contributed by atoms with Gasteiger partial charge in [-0.25, -0.2) is 0 Å². The molecule has 22 heavy (non-hydrogen) atoms. The number of benzene rings is 1. The van der Waals surface area contributed by atoms with Crippen LogP contribution in [0.1, 0.15) is 26.2 Å². The van der Waals surface area contributed by atoms with Crippen LogP contribution in [-0.2, 0) is 9.59 Å². The molecule has 0 radical (unpaired) electrons. The van der Waals surface area contributed by atoms with E-state index >= 15 is 0 Å². The third-order valence-electron chi connectivity index (χ3n) is 3.81. The zero-order valence-electron chi connectivity index (χ0n) is 12.9. The van der Waals surface area contributed by atoms with Crippen molar-refractivity contribution in [2.24, 2.45) is 5.73 Å². The topological polar surface area (TPSA) is 75.4 Å². The van der Waals surface area contributed by atoms with E-state index in [0.29, 0.717) is 6.04 Å². The Labute approximate surface area is 135 Å². The minimum atomic E-state index is -0.349. The Morgan fingerprint density at radius 2 is 2.14 bits per heavy atom. The molecule has 0 saturated carbocycles. The normalized spacial score (nSPS) is 18.0. The molecule has 6 heteroatoms. The summed E-state index contributed by atoms with van der Waals surface area (Å²) in [5.41, 5.74) is 6.05. The summed E-state index contributed by atoms with van der Waals surface area (Å²) in [6.45, 7) is 3.23. The number of carbonyl (C=O) groups excluding carboxylic acids is 2. The van der Waals surface area contributed by atoms with Crippen molar-refractivity contribution in [2.75, 3.05) is 24.2 Å². The van der Waals surface area contributed by atoms with Gasteiger partial charge in [0, 0.05) is 23.2 Å². The molecule has 2 amide bonds. The first kappa shape index (κ1) is 16.7. The molecule has 2 rings (SSSR count). The minimum Gasteiger partial charge on any atom is -0.375 e. The molecule has 1 aromatic rings. The Balaban J connectivity index is 1.93. The van der Waals surface area contributed by atoms with E-state index in [1.807, 2.05) is 29.2 Å². The van der Waals surface area contributed by atoms with Crippen LogP contribution < -0.4 is 11.1 Å². The number of para-hydroxylation sites is 1. The highest BCUT2D eigenvalue weighted by Crippen LogP contribution is 2.26. The molecular weight excluding hydrogens is 298 g/mol. The van der Waals surface area contributed by atoms with E-state index in [9.17, 15) is 9.59 Å². The lowest BCUT2D eigenvalue weighted by molar-refractivity contribution is -0.132. The average Bonchev–Trinajstić information content (AvgIpc) is 2.51. The number of thioether (sulfide) groups is 1. The van der Waals surface area contributed by atoms with Crippen molar-refractivity contribution in [3.05, 3.63) is 24.3 Å². The Hall–Kier alpha value is -1.69. The van der Waals surface area contributed by atoms with Crippen LogP contribution in [0.25, 0.3) is 0 Å². The van der Waals surface area contributed by atoms with Crippen LogP contribution in [-0.4, -0.2) is 41.6 Å². The Morgan fingerprint density at radius 1 is 1.36 bits per heavy atom. The van der Waals surface area contributed by atoms with Crippen molar-refractivity contribution in [1.29, 1.82) is 0 Å². The molecule has 1 unspecified atom stereocenters. The summed E-state index contributed by atoms with van der Waals surface area (Å²) in [4.78, 5) is 26.1. The van der Waals surface area contributed by atoms with E-state index in [2.05, 4.69) is 12.2 Å². The van der Waals surface area contributed by atoms with Gasteiger partial charge in [0.2, 0.25) is 11.8 Å². The fraction of sp³-hybridized carbons (Fsp3) is 0.500. The van der Waals surface area contributed by atoms with E-state index in [1.165, 1.54) is 18.2 Å². The van der Waals surface area contributed by atoms with Crippen molar-refractivity contribution >= 4 is 29.3 Å². The van der Waals surface area contributed by atoms with Gasteiger partial charge in [-0.05, 0) is 38.3 Å². The highest BCUT2D eigenvalue weighted by atomic mass is 32.2. The van der Waals surface area contributed by atoms with Crippen molar-refractivity contribution in [1.82, 2.24) is 4.90 Å². The standard InChI is InChI=1S/C16H23N3O2S/c1-12-6-4-5-9-19(12)16(21)10-18-13-7-2-3-8-14(13)22-11-15(17)20/h2-3,7-8,12,18H,4-6,9-11H2,1H3,(H2,17,20). The van der Waals surface area contributed by atoms with E-state index in [4.69, 9.17) is 5.73 Å². The second kappa shape index (κ2) is 8.08. The van der Waals surface area contributed by atoms with Crippen LogP contribution in [0, 0.1) is 0 Å². The number of hydrogen-bond donors (Lipinski definition) is 2. The quantitative estimate of drug-likeness (QED) is 0.787. The van der Waals surface area contributed by atoms with Gasteiger partial charge in [0.1, 0.15) is 0 Å². The summed E-state index contributed by atoms with van der Waals surface area (Å²) >= 11 is 1.38. The maximum absolute atomic E-state index is 12.3. The maximum Gasteiger partial charge on any atom is 0.242 e. The van der Waals surface area contributed by atoms with Gasteiger partial charge in [0.25, 0.3) is 0 Å². The predicted octanol–water partition coefficient (Wildman–Crippen LogP) is 2.08. The number of piperidine rings is 1. The Bertz CT molecular complexity index is 536. The molecule has 1 heterocycles. The van der Waals surface area contributed by atoms with Crippen LogP contribution >= 0.6 is 11.8 Å². The van der Waals surface area contributed by atoms with Crippen LogP contribution in [0.3, 0.4) is 0 Å². The van der Waals surface area contributed by atoms with Gasteiger partial charge < -0.3 is 16.0 Å². The summed E-state index contributed by atoms with van der Waals surface area (Å²) in [7, 11) is 0. The SMILES string of the molecule is CC1CCCCN1C(=O)CNc1ccccc1SCC(N)=O. The van der Waals surface area contributed by atoms with Crippen molar-refractivity contribution < 1.29 is 9.59 Å². The first-order valence-corrected chi connectivity index (χ1v) is 8.60. The van der Waals surface area contributed by atoms with Gasteiger partial charge in [-0.2, -0.15) is 0 Å². The average molecular weight is 321 g/mol.